The highest BCUT2D eigenvalue weighted by molar-refractivity contribution is 7.92. The van der Waals surface area contributed by atoms with E-state index in [0.29, 0.717) is 11.8 Å². The van der Waals surface area contributed by atoms with Crippen LogP contribution >= 0.6 is 11.6 Å². The maximum atomic E-state index is 14.2. The first-order valence-corrected chi connectivity index (χ1v) is 12.8. The number of nitrogens with one attached hydrogen (secondary N) is 1. The Morgan fingerprint density at radius 2 is 1.86 bits per heavy atom. The number of halogens is 5. The molecule has 0 aliphatic carbocycles. The molecule has 0 aromatic heterocycles. The Morgan fingerprint density at radius 3 is 2.54 bits per heavy atom. The Kier molecular flexibility index (Phi) is 7.38. The van der Waals surface area contributed by atoms with Crippen LogP contribution in [0.4, 0.5) is 28.9 Å². The van der Waals surface area contributed by atoms with Crippen LogP contribution in [-0.2, 0) is 27.5 Å². The van der Waals surface area contributed by atoms with Gasteiger partial charge in [-0.1, -0.05) is 23.7 Å². The molecule has 3 aromatic rings. The Labute approximate surface area is 215 Å². The van der Waals surface area contributed by atoms with E-state index in [2.05, 4.69) is 5.32 Å². The number of carbonyl (C=O) groups excluding carboxylic acids is 1. The molecular formula is C25H21ClF4N2O4S. The number of sulfonamides is 1. The summed E-state index contributed by atoms with van der Waals surface area (Å²) in [5.41, 5.74) is -0.467. The Bertz CT molecular complexity index is 1430. The minimum atomic E-state index is -4.74. The summed E-state index contributed by atoms with van der Waals surface area (Å²) in [6.07, 6.45) is -5.68. The van der Waals surface area contributed by atoms with E-state index in [1.54, 1.807) is 6.07 Å². The molecule has 6 nitrogen and oxygen atoms in total. The predicted octanol–water partition coefficient (Wildman–Crippen LogP) is 6.05. The Hall–Kier alpha value is -3.31. The minimum Gasteiger partial charge on any atom is -0.486 e. The van der Waals surface area contributed by atoms with Gasteiger partial charge in [0.2, 0.25) is 0 Å². The third kappa shape index (κ3) is 5.83. The molecule has 1 aliphatic heterocycles. The van der Waals surface area contributed by atoms with Gasteiger partial charge in [0.15, 0.2) is 0 Å². The molecule has 1 unspecified atom stereocenters. The summed E-state index contributed by atoms with van der Waals surface area (Å²) >= 11 is 6.07. The lowest BCUT2D eigenvalue weighted by Crippen LogP contribution is -2.44. The lowest BCUT2D eigenvalue weighted by atomic mass is 10.1. The fraction of sp³-hybridized carbons (Fsp3) is 0.240. The monoisotopic (exact) mass is 556 g/mol. The summed E-state index contributed by atoms with van der Waals surface area (Å²) < 4.78 is 87.8. The van der Waals surface area contributed by atoms with Gasteiger partial charge in [0.05, 0.1) is 22.7 Å². The number of hydrogen-bond donors (Lipinski definition) is 1. The molecular weight excluding hydrogens is 536 g/mol. The van der Waals surface area contributed by atoms with Crippen LogP contribution in [0, 0.1) is 5.82 Å². The Balaban J connectivity index is 1.72. The van der Waals surface area contributed by atoms with Crippen LogP contribution in [0.3, 0.4) is 0 Å². The van der Waals surface area contributed by atoms with Gasteiger partial charge in [0.25, 0.3) is 10.0 Å². The van der Waals surface area contributed by atoms with Gasteiger partial charge >= 0.3 is 6.18 Å². The quantitative estimate of drug-likeness (QED) is 0.359. The molecule has 1 heterocycles. The molecule has 3 aromatic carbocycles. The van der Waals surface area contributed by atoms with Crippen LogP contribution in [0.5, 0.6) is 5.75 Å². The summed E-state index contributed by atoms with van der Waals surface area (Å²) in [6.45, 7) is 1.01. The van der Waals surface area contributed by atoms with Crippen LogP contribution in [-0.4, -0.2) is 26.8 Å². The van der Waals surface area contributed by atoms with Crippen LogP contribution in [0.25, 0.3) is 0 Å². The maximum Gasteiger partial charge on any atom is 0.416 e. The number of Topliss-reactive ketones (excluding diaryl/α,β-unsaturated/α-hetero) is 1. The average molecular weight is 557 g/mol. The zero-order valence-electron chi connectivity index (χ0n) is 19.4. The van der Waals surface area contributed by atoms with E-state index in [9.17, 15) is 30.8 Å². The van der Waals surface area contributed by atoms with Gasteiger partial charge < -0.3 is 10.1 Å². The molecule has 4 rings (SSSR count). The summed E-state index contributed by atoms with van der Waals surface area (Å²) in [6, 6.07) is 12.1. The van der Waals surface area contributed by atoms with Gasteiger partial charge in [-0.25, -0.2) is 12.8 Å². The highest BCUT2D eigenvalue weighted by Crippen LogP contribution is 2.40. The average Bonchev–Trinajstić information content (AvgIpc) is 2.82. The molecule has 0 saturated heterocycles. The molecule has 0 radical (unpaired) electrons. The highest BCUT2D eigenvalue weighted by atomic mass is 35.5. The normalized spacial score (nSPS) is 15.6. The number of anilines is 2. The van der Waals surface area contributed by atoms with Crippen LogP contribution in [0.15, 0.2) is 65.6 Å². The number of benzene rings is 3. The fourth-order valence-corrected chi connectivity index (χ4v) is 5.70. The first-order valence-electron chi connectivity index (χ1n) is 11.0. The van der Waals surface area contributed by atoms with Gasteiger partial charge in [0.1, 0.15) is 23.5 Å². The van der Waals surface area contributed by atoms with Crippen molar-refractivity contribution < 1.29 is 35.5 Å². The van der Waals surface area contributed by atoms with Crippen molar-refractivity contribution in [3.8, 4) is 5.75 Å². The lowest BCUT2D eigenvalue weighted by Gasteiger charge is -2.35. The van der Waals surface area contributed by atoms with Crippen molar-refractivity contribution in [3.63, 3.8) is 0 Å². The van der Waals surface area contributed by atoms with Crippen molar-refractivity contribution in [2.24, 2.45) is 0 Å². The van der Waals surface area contributed by atoms with Gasteiger partial charge in [0, 0.05) is 29.2 Å². The minimum absolute atomic E-state index is 0.0154. The number of hydrogen-bond acceptors (Lipinski definition) is 5. The first-order chi connectivity index (χ1) is 17.4. The van der Waals surface area contributed by atoms with Gasteiger partial charge in [-0.15, -0.1) is 0 Å². The van der Waals surface area contributed by atoms with E-state index in [1.807, 2.05) is 0 Å². The number of fused-ring (bicyclic) bond motifs is 1. The second-order valence-electron chi connectivity index (χ2n) is 8.44. The molecule has 1 N–H and O–H groups in total. The van der Waals surface area contributed by atoms with Gasteiger partial charge in [-0.05, 0) is 55.5 Å². The van der Waals surface area contributed by atoms with Crippen molar-refractivity contribution in [1.29, 1.82) is 0 Å². The number of nitrogens with zero attached hydrogens (tertiary/aromatic N) is 1. The summed E-state index contributed by atoms with van der Waals surface area (Å²) in [5.74, 6) is -0.644. The molecule has 0 fully saturated rings. The second kappa shape index (κ2) is 10.2. The van der Waals surface area contributed by atoms with Gasteiger partial charge in [-0.3, -0.25) is 9.10 Å². The topological polar surface area (TPSA) is 75.7 Å². The number of rotatable bonds is 7. The molecule has 0 amide bonds. The summed E-state index contributed by atoms with van der Waals surface area (Å²) in [7, 11) is -4.49. The molecule has 0 spiro atoms. The predicted molar refractivity (Wildman–Crippen MR) is 131 cm³/mol. The zero-order chi connectivity index (χ0) is 27.0. The number of carbonyl (C=O) groups is 1. The van der Waals surface area contributed by atoms with E-state index in [1.165, 1.54) is 37.3 Å². The Morgan fingerprint density at radius 1 is 1.14 bits per heavy atom. The molecule has 37 heavy (non-hydrogen) atoms. The molecule has 0 saturated carbocycles. The molecule has 12 heteroatoms. The van der Waals surface area contributed by atoms with Crippen molar-refractivity contribution in [2.75, 3.05) is 16.2 Å². The highest BCUT2D eigenvalue weighted by Gasteiger charge is 2.37. The van der Waals surface area contributed by atoms with Crippen LogP contribution in [0.2, 0.25) is 5.02 Å². The fourth-order valence-electron chi connectivity index (χ4n) is 3.93. The number of ketones is 1. The zero-order valence-corrected chi connectivity index (χ0v) is 20.9. The standard InChI is InChI=1S/C25H21ClF4N2O4S/c1-15(33)10-18-14-32(37(34,35)19-5-2-4-16(11-19)25(28,29)30)23-12-17(8-9-24(23)36-18)31-13-20-21(26)6-3-7-22(20)27/h2-9,11-12,18,31H,10,13-14H2,1H3. The first kappa shape index (κ1) is 26.7. The molecule has 1 aliphatic rings. The van der Waals surface area contributed by atoms with Crippen LogP contribution < -0.4 is 14.4 Å². The SMILES string of the molecule is CC(=O)CC1CN(S(=O)(=O)c2cccc(C(F)(F)F)c2)c2cc(NCc3c(F)cccc3Cl)ccc2O1. The second-order valence-corrected chi connectivity index (χ2v) is 10.7. The largest absolute Gasteiger partial charge is 0.486 e. The molecule has 1 atom stereocenters. The van der Waals surface area contributed by atoms with E-state index >= 15 is 0 Å². The van der Waals surface area contributed by atoms with E-state index in [-0.39, 0.29) is 47.3 Å². The van der Waals surface area contributed by atoms with Crippen molar-refractivity contribution in [1.82, 2.24) is 0 Å². The third-order valence-electron chi connectivity index (χ3n) is 5.69. The van der Waals surface area contributed by atoms with Crippen LogP contribution in [0.1, 0.15) is 24.5 Å². The molecule has 196 valence electrons. The van der Waals surface area contributed by atoms with E-state index in [4.69, 9.17) is 16.3 Å². The van der Waals surface area contributed by atoms with Crippen molar-refractivity contribution in [3.05, 3.63) is 82.6 Å². The van der Waals surface area contributed by atoms with Crippen molar-refractivity contribution in [2.45, 2.75) is 37.1 Å². The molecule has 0 bridgehead atoms. The third-order valence-corrected chi connectivity index (χ3v) is 7.82. The number of alkyl halides is 3. The maximum absolute atomic E-state index is 14.2. The lowest BCUT2D eigenvalue weighted by molar-refractivity contribution is -0.137. The smallest absolute Gasteiger partial charge is 0.416 e. The van der Waals surface area contributed by atoms with Gasteiger partial charge in [-0.2, -0.15) is 13.2 Å². The van der Waals surface area contributed by atoms with Crippen molar-refractivity contribution >= 4 is 38.8 Å². The summed E-state index contributed by atoms with van der Waals surface area (Å²) in [5, 5.41) is 3.18. The van der Waals surface area contributed by atoms with E-state index in [0.717, 1.165) is 22.5 Å². The summed E-state index contributed by atoms with van der Waals surface area (Å²) in [4.78, 5) is 11.1. The van der Waals surface area contributed by atoms with E-state index < -0.39 is 38.6 Å². The number of ether oxygens (including phenoxy) is 1.